The topological polar surface area (TPSA) is 103 Å². The number of nitriles is 1. The van der Waals surface area contributed by atoms with Crippen LogP contribution in [0.25, 0.3) is 11.3 Å². The van der Waals surface area contributed by atoms with Crippen LogP contribution < -0.4 is 15.5 Å². The molecule has 0 atom stereocenters. The van der Waals surface area contributed by atoms with Crippen molar-refractivity contribution in [3.8, 4) is 17.3 Å². The fraction of sp³-hybridized carbons (Fsp3) is 0.500. The Bertz CT molecular complexity index is 1080. The standard InChI is InChI=1S/C24H29FN6O2/c1-24(2,3)33-23(32)28-17-7-10-31(11-8-17)22-29-20-6-9-27-14-18(20)21(30-22)15-4-5-16(13-26)19(25)12-15/h4-5,12,17,27H,6-11,14H2,1-3H3,(H,28,32). The molecule has 8 nitrogen and oxygen atoms in total. The van der Waals surface area contributed by atoms with Gasteiger partial charge in [0, 0.05) is 49.8 Å². The average molecular weight is 453 g/mol. The molecule has 2 aliphatic rings. The predicted octanol–water partition coefficient (Wildman–Crippen LogP) is 3.29. The van der Waals surface area contributed by atoms with Crippen LogP contribution >= 0.6 is 0 Å². The monoisotopic (exact) mass is 452 g/mol. The molecule has 3 heterocycles. The highest BCUT2D eigenvalue weighted by Gasteiger charge is 2.27. The molecule has 0 unspecified atom stereocenters. The van der Waals surface area contributed by atoms with Crippen molar-refractivity contribution in [2.45, 2.75) is 58.2 Å². The maximum Gasteiger partial charge on any atom is 0.407 e. The maximum atomic E-state index is 14.3. The minimum atomic E-state index is -0.554. The first-order chi connectivity index (χ1) is 15.7. The minimum Gasteiger partial charge on any atom is -0.444 e. The van der Waals surface area contributed by atoms with E-state index in [-0.39, 0.29) is 11.6 Å². The van der Waals surface area contributed by atoms with Crippen molar-refractivity contribution >= 4 is 12.0 Å². The number of alkyl carbamates (subject to hydrolysis) is 1. The Labute approximate surface area is 193 Å². The van der Waals surface area contributed by atoms with Crippen molar-refractivity contribution < 1.29 is 13.9 Å². The van der Waals surface area contributed by atoms with Gasteiger partial charge >= 0.3 is 6.09 Å². The fourth-order valence-electron chi connectivity index (χ4n) is 4.16. The SMILES string of the molecule is CC(C)(C)OC(=O)NC1CCN(c2nc3c(c(-c4ccc(C#N)c(F)c4)n2)CNCC3)CC1. The van der Waals surface area contributed by atoms with Gasteiger partial charge in [0.15, 0.2) is 0 Å². The predicted molar refractivity (Wildman–Crippen MR) is 122 cm³/mol. The molecular formula is C24H29FN6O2. The van der Waals surface area contributed by atoms with Crippen molar-refractivity contribution in [1.82, 2.24) is 20.6 Å². The summed E-state index contributed by atoms with van der Waals surface area (Å²) in [5, 5.41) is 15.3. The highest BCUT2D eigenvalue weighted by Crippen LogP contribution is 2.30. The van der Waals surface area contributed by atoms with Crippen LogP contribution in [0.15, 0.2) is 18.2 Å². The van der Waals surface area contributed by atoms with Gasteiger partial charge in [-0.3, -0.25) is 0 Å². The first-order valence-corrected chi connectivity index (χ1v) is 11.3. The summed E-state index contributed by atoms with van der Waals surface area (Å²) in [6.07, 6.45) is 1.88. The van der Waals surface area contributed by atoms with E-state index in [1.54, 1.807) is 6.07 Å². The summed E-state index contributed by atoms with van der Waals surface area (Å²) in [7, 11) is 0. The van der Waals surface area contributed by atoms with Gasteiger partial charge in [-0.1, -0.05) is 6.07 Å². The van der Waals surface area contributed by atoms with E-state index in [0.717, 1.165) is 37.1 Å². The van der Waals surface area contributed by atoms with Gasteiger partial charge in [0.25, 0.3) is 0 Å². The number of nitrogens with zero attached hydrogens (tertiary/aromatic N) is 4. The third-order valence-electron chi connectivity index (χ3n) is 5.78. The number of ether oxygens (including phenoxy) is 1. The normalized spacial score (nSPS) is 16.6. The number of anilines is 1. The zero-order valence-electron chi connectivity index (χ0n) is 19.2. The summed E-state index contributed by atoms with van der Waals surface area (Å²) in [6, 6.07) is 6.49. The lowest BCUT2D eigenvalue weighted by Crippen LogP contribution is -2.46. The Hall–Kier alpha value is -3.25. The lowest BCUT2D eigenvalue weighted by molar-refractivity contribution is 0.0497. The van der Waals surface area contributed by atoms with Gasteiger partial charge in [-0.2, -0.15) is 5.26 Å². The zero-order chi connectivity index (χ0) is 23.6. The van der Waals surface area contributed by atoms with Crippen LogP contribution in [0.5, 0.6) is 0 Å². The van der Waals surface area contributed by atoms with Gasteiger partial charge in [-0.05, 0) is 45.7 Å². The molecule has 1 saturated heterocycles. The number of carbonyl (C=O) groups is 1. The molecule has 1 aromatic heterocycles. The van der Waals surface area contributed by atoms with Crippen molar-refractivity contribution in [1.29, 1.82) is 5.26 Å². The van der Waals surface area contributed by atoms with Gasteiger partial charge in [-0.25, -0.2) is 19.2 Å². The number of aromatic nitrogens is 2. The molecule has 174 valence electrons. The van der Waals surface area contributed by atoms with Crippen LogP contribution in [0.1, 0.15) is 50.4 Å². The second kappa shape index (κ2) is 9.32. The minimum absolute atomic E-state index is 0.0135. The highest BCUT2D eigenvalue weighted by atomic mass is 19.1. The summed E-state index contributed by atoms with van der Waals surface area (Å²) in [5.74, 6) is 0.0628. The number of piperidine rings is 1. The van der Waals surface area contributed by atoms with E-state index in [1.165, 1.54) is 12.1 Å². The van der Waals surface area contributed by atoms with E-state index in [2.05, 4.69) is 15.5 Å². The Balaban J connectivity index is 1.54. The number of rotatable bonds is 3. The van der Waals surface area contributed by atoms with Crippen LogP contribution in [-0.4, -0.2) is 47.3 Å². The highest BCUT2D eigenvalue weighted by molar-refractivity contribution is 5.68. The summed E-state index contributed by atoms with van der Waals surface area (Å²) in [5.41, 5.74) is 2.75. The van der Waals surface area contributed by atoms with Crippen LogP contribution in [0, 0.1) is 17.1 Å². The maximum absolute atomic E-state index is 14.3. The number of hydrogen-bond donors (Lipinski definition) is 2. The van der Waals surface area contributed by atoms with E-state index >= 15 is 0 Å². The molecule has 2 aliphatic heterocycles. The second-order valence-electron chi connectivity index (χ2n) is 9.44. The second-order valence-corrected chi connectivity index (χ2v) is 9.44. The molecule has 0 bridgehead atoms. The molecule has 2 aromatic rings. The van der Waals surface area contributed by atoms with Crippen molar-refractivity contribution in [2.75, 3.05) is 24.5 Å². The van der Waals surface area contributed by atoms with Crippen LogP contribution in [0.2, 0.25) is 0 Å². The summed E-state index contributed by atoms with van der Waals surface area (Å²) in [6.45, 7) is 8.36. The lowest BCUT2D eigenvalue weighted by Gasteiger charge is -2.33. The number of benzene rings is 1. The summed E-state index contributed by atoms with van der Waals surface area (Å²) >= 11 is 0. The molecule has 1 aromatic carbocycles. The molecule has 0 radical (unpaired) electrons. The van der Waals surface area contributed by atoms with Crippen molar-refractivity contribution in [3.05, 3.63) is 40.8 Å². The van der Waals surface area contributed by atoms with E-state index in [0.29, 0.717) is 36.8 Å². The number of amides is 1. The van der Waals surface area contributed by atoms with E-state index in [9.17, 15) is 9.18 Å². The van der Waals surface area contributed by atoms with Crippen LogP contribution in [0.4, 0.5) is 15.1 Å². The van der Waals surface area contributed by atoms with Gasteiger partial charge in [-0.15, -0.1) is 0 Å². The lowest BCUT2D eigenvalue weighted by atomic mass is 9.99. The number of halogens is 1. The molecule has 33 heavy (non-hydrogen) atoms. The molecule has 0 spiro atoms. The Kier molecular flexibility index (Phi) is 6.47. The van der Waals surface area contributed by atoms with Gasteiger partial charge < -0.3 is 20.3 Å². The number of hydrogen-bond acceptors (Lipinski definition) is 7. The molecule has 0 aliphatic carbocycles. The third-order valence-corrected chi connectivity index (χ3v) is 5.78. The number of fused-ring (bicyclic) bond motifs is 1. The Morgan fingerprint density at radius 1 is 1.30 bits per heavy atom. The summed E-state index contributed by atoms with van der Waals surface area (Å²) < 4.78 is 19.7. The fourth-order valence-corrected chi connectivity index (χ4v) is 4.16. The van der Waals surface area contributed by atoms with Gasteiger partial charge in [0.05, 0.1) is 17.0 Å². The van der Waals surface area contributed by atoms with Crippen LogP contribution in [-0.2, 0) is 17.7 Å². The largest absolute Gasteiger partial charge is 0.444 e. The van der Waals surface area contributed by atoms with E-state index in [1.807, 2.05) is 26.8 Å². The van der Waals surface area contributed by atoms with Crippen molar-refractivity contribution in [3.63, 3.8) is 0 Å². The molecular weight excluding hydrogens is 423 g/mol. The molecule has 2 N–H and O–H groups in total. The quantitative estimate of drug-likeness (QED) is 0.737. The van der Waals surface area contributed by atoms with Crippen molar-refractivity contribution in [2.24, 2.45) is 0 Å². The molecule has 0 saturated carbocycles. The van der Waals surface area contributed by atoms with Gasteiger partial charge in [0.2, 0.25) is 5.95 Å². The number of nitrogens with one attached hydrogen (secondary N) is 2. The first kappa shape index (κ1) is 22.9. The Morgan fingerprint density at radius 3 is 2.73 bits per heavy atom. The van der Waals surface area contributed by atoms with E-state index in [4.69, 9.17) is 20.0 Å². The molecule has 1 amide bonds. The molecule has 9 heteroatoms. The van der Waals surface area contributed by atoms with E-state index < -0.39 is 17.5 Å². The number of carbonyl (C=O) groups excluding carboxylic acids is 1. The smallest absolute Gasteiger partial charge is 0.407 e. The first-order valence-electron chi connectivity index (χ1n) is 11.3. The van der Waals surface area contributed by atoms with Crippen LogP contribution in [0.3, 0.4) is 0 Å². The Morgan fingerprint density at radius 2 is 2.06 bits per heavy atom. The average Bonchev–Trinajstić information content (AvgIpc) is 2.77. The van der Waals surface area contributed by atoms with Gasteiger partial charge in [0.1, 0.15) is 17.5 Å². The third kappa shape index (κ3) is 5.40. The summed E-state index contributed by atoms with van der Waals surface area (Å²) in [4.78, 5) is 23.9. The molecule has 4 rings (SSSR count). The molecule has 1 fully saturated rings. The zero-order valence-corrected chi connectivity index (χ0v) is 19.2.